The Kier molecular flexibility index (Phi) is 11.3. The predicted molar refractivity (Wildman–Crippen MR) is 167 cm³/mol. The molecule has 0 radical (unpaired) electrons. The molecule has 1 unspecified atom stereocenters. The number of benzene rings is 2. The van der Waals surface area contributed by atoms with Gasteiger partial charge in [0.25, 0.3) is 5.91 Å². The zero-order valence-corrected chi connectivity index (χ0v) is 25.2. The molecule has 1 fully saturated rings. The van der Waals surface area contributed by atoms with E-state index in [1.807, 2.05) is 61.5 Å². The Balaban J connectivity index is 1.61. The molecule has 0 spiro atoms. The Labute approximate surface area is 256 Å². The number of carbonyl (C=O) groups excluding carboxylic acids is 1. The maximum Gasteiger partial charge on any atom is 0.325 e. The second-order valence-corrected chi connectivity index (χ2v) is 10.2. The summed E-state index contributed by atoms with van der Waals surface area (Å²) in [4.78, 5) is 34.7. The van der Waals surface area contributed by atoms with E-state index in [2.05, 4.69) is 26.8 Å². The number of hydrogen-bond acceptors (Lipinski definition) is 9. The normalized spacial score (nSPS) is 15.2. The summed E-state index contributed by atoms with van der Waals surface area (Å²) in [6.45, 7) is 7.03. The van der Waals surface area contributed by atoms with Gasteiger partial charge in [0.2, 0.25) is 5.90 Å². The van der Waals surface area contributed by atoms with Gasteiger partial charge < -0.3 is 24.2 Å². The molecule has 0 aliphatic carbocycles. The van der Waals surface area contributed by atoms with E-state index in [-0.39, 0.29) is 29.3 Å². The highest BCUT2D eigenvalue weighted by molar-refractivity contribution is 6.39. The standard InChI is InChI=1S/C33H37N5O6/c1-5-28(34-19-30(39)40)32(43-4)35-22(2)31-25(18-29(36-37-31)33(41)38-16-15-27(20-38)42-3)17-23-11-13-26(14-12-23)44-21-24-9-7-6-8-10-24/h6-14,18,27H,2,5,15-17,19-21H2,1,3-4H3,(H,39,40). The number of carboxylic acid groups (broad SMARTS) is 1. The van der Waals surface area contributed by atoms with Crippen molar-refractivity contribution >= 4 is 29.2 Å². The van der Waals surface area contributed by atoms with Crippen molar-refractivity contribution < 1.29 is 28.9 Å². The lowest BCUT2D eigenvalue weighted by Crippen LogP contribution is -2.31. The quantitative estimate of drug-likeness (QED) is 0.225. The van der Waals surface area contributed by atoms with Crippen LogP contribution in [0, 0.1) is 0 Å². The highest BCUT2D eigenvalue weighted by atomic mass is 16.5. The van der Waals surface area contributed by atoms with Crippen molar-refractivity contribution in [3.63, 3.8) is 0 Å². The van der Waals surface area contributed by atoms with Crippen molar-refractivity contribution in [2.45, 2.75) is 38.9 Å². The van der Waals surface area contributed by atoms with Crippen LogP contribution >= 0.6 is 0 Å². The van der Waals surface area contributed by atoms with Crippen LogP contribution in [0.3, 0.4) is 0 Å². The fraction of sp³-hybridized carbons (Fsp3) is 0.333. The second-order valence-electron chi connectivity index (χ2n) is 10.2. The Morgan fingerprint density at radius 2 is 1.82 bits per heavy atom. The average molecular weight is 600 g/mol. The molecule has 1 saturated heterocycles. The molecule has 1 N–H and O–H groups in total. The third-order valence-electron chi connectivity index (χ3n) is 7.11. The molecule has 1 amide bonds. The van der Waals surface area contributed by atoms with Crippen LogP contribution in [0.4, 0.5) is 0 Å². The van der Waals surface area contributed by atoms with Gasteiger partial charge in [0.15, 0.2) is 5.69 Å². The highest BCUT2D eigenvalue weighted by Gasteiger charge is 2.28. The molecule has 11 nitrogen and oxygen atoms in total. The fourth-order valence-corrected chi connectivity index (χ4v) is 4.74. The minimum atomic E-state index is -1.06. The first-order chi connectivity index (χ1) is 21.3. The summed E-state index contributed by atoms with van der Waals surface area (Å²) >= 11 is 0. The van der Waals surface area contributed by atoms with Gasteiger partial charge in [-0.25, -0.2) is 4.99 Å². The van der Waals surface area contributed by atoms with Gasteiger partial charge in [-0.2, -0.15) is 0 Å². The molecule has 2 heterocycles. The van der Waals surface area contributed by atoms with Crippen LogP contribution in [-0.4, -0.2) is 83.6 Å². The summed E-state index contributed by atoms with van der Waals surface area (Å²) in [7, 11) is 3.07. The number of aromatic nitrogens is 2. The number of ether oxygens (including phenoxy) is 3. The van der Waals surface area contributed by atoms with E-state index in [1.165, 1.54) is 7.11 Å². The number of methoxy groups -OCH3 is 2. The highest BCUT2D eigenvalue weighted by Crippen LogP contribution is 2.24. The molecule has 1 aliphatic heterocycles. The monoisotopic (exact) mass is 599 g/mol. The van der Waals surface area contributed by atoms with Crippen molar-refractivity contribution in [2.24, 2.45) is 9.98 Å². The van der Waals surface area contributed by atoms with Crippen molar-refractivity contribution in [1.82, 2.24) is 15.1 Å². The van der Waals surface area contributed by atoms with E-state index in [1.54, 1.807) is 18.1 Å². The number of rotatable bonds is 13. The summed E-state index contributed by atoms with van der Waals surface area (Å²) in [5.41, 5.74) is 3.92. The van der Waals surface area contributed by atoms with Crippen molar-refractivity contribution in [2.75, 3.05) is 33.9 Å². The zero-order chi connectivity index (χ0) is 31.5. The van der Waals surface area contributed by atoms with Crippen LogP contribution in [0.1, 0.15) is 52.6 Å². The van der Waals surface area contributed by atoms with Crippen LogP contribution in [0.2, 0.25) is 0 Å². The van der Waals surface area contributed by atoms with Crippen molar-refractivity contribution in [3.8, 4) is 5.75 Å². The molecular formula is C33H37N5O6. The topological polar surface area (TPSA) is 136 Å². The maximum atomic E-state index is 13.3. The third kappa shape index (κ3) is 8.57. The number of nitrogens with zero attached hydrogens (tertiary/aromatic N) is 5. The second kappa shape index (κ2) is 15.5. The minimum absolute atomic E-state index is 0.00888. The molecule has 0 saturated carbocycles. The van der Waals surface area contributed by atoms with E-state index in [4.69, 9.17) is 19.3 Å². The maximum absolute atomic E-state index is 13.3. The van der Waals surface area contributed by atoms with Crippen LogP contribution in [0.15, 0.2) is 77.2 Å². The molecule has 2 aromatic carbocycles. The first-order valence-corrected chi connectivity index (χ1v) is 14.3. The average Bonchev–Trinajstić information content (AvgIpc) is 3.53. The van der Waals surface area contributed by atoms with Gasteiger partial charge in [0.05, 0.1) is 24.6 Å². The number of carboxylic acids is 1. The lowest BCUT2D eigenvalue weighted by Gasteiger charge is -2.17. The zero-order valence-electron chi connectivity index (χ0n) is 25.2. The van der Waals surface area contributed by atoms with Crippen LogP contribution in [0.25, 0.3) is 5.70 Å². The number of amides is 1. The number of hydrogen-bond donors (Lipinski definition) is 1. The van der Waals surface area contributed by atoms with Gasteiger partial charge in [0.1, 0.15) is 24.6 Å². The summed E-state index contributed by atoms with van der Waals surface area (Å²) < 4.78 is 16.8. The van der Waals surface area contributed by atoms with E-state index in [0.29, 0.717) is 49.5 Å². The number of aliphatic carboxylic acids is 1. The van der Waals surface area contributed by atoms with Crippen molar-refractivity contribution in [1.29, 1.82) is 0 Å². The third-order valence-corrected chi connectivity index (χ3v) is 7.11. The Morgan fingerprint density at radius 1 is 1.07 bits per heavy atom. The lowest BCUT2D eigenvalue weighted by molar-refractivity contribution is -0.135. The summed E-state index contributed by atoms with van der Waals surface area (Å²) in [5.74, 6) is -0.427. The molecule has 3 aromatic rings. The fourth-order valence-electron chi connectivity index (χ4n) is 4.74. The Hall–Kier alpha value is -4.90. The predicted octanol–water partition coefficient (Wildman–Crippen LogP) is 4.46. The number of likely N-dealkylation sites (tertiary alicyclic amines) is 1. The van der Waals surface area contributed by atoms with Gasteiger partial charge in [-0.05, 0) is 54.2 Å². The van der Waals surface area contributed by atoms with Gasteiger partial charge in [-0.1, -0.05) is 56.0 Å². The van der Waals surface area contributed by atoms with Gasteiger partial charge in [-0.3, -0.25) is 14.6 Å². The van der Waals surface area contributed by atoms with Crippen LogP contribution in [0.5, 0.6) is 5.75 Å². The molecule has 1 atom stereocenters. The first kappa shape index (κ1) is 32.0. The summed E-state index contributed by atoms with van der Waals surface area (Å²) in [6.07, 6.45) is 1.56. The Bertz CT molecular complexity index is 1520. The van der Waals surface area contributed by atoms with Crippen LogP contribution in [-0.2, 0) is 27.3 Å². The van der Waals surface area contributed by atoms with Gasteiger partial charge in [-0.15, -0.1) is 10.2 Å². The van der Waals surface area contributed by atoms with E-state index < -0.39 is 12.5 Å². The van der Waals surface area contributed by atoms with Gasteiger partial charge in [0, 0.05) is 20.2 Å². The largest absolute Gasteiger partial charge is 0.489 e. The van der Waals surface area contributed by atoms with Gasteiger partial charge >= 0.3 is 5.97 Å². The molecule has 1 aliphatic rings. The lowest BCUT2D eigenvalue weighted by atomic mass is 10.0. The molecule has 1 aromatic heterocycles. The minimum Gasteiger partial charge on any atom is -0.489 e. The molecule has 4 rings (SSSR count). The molecule has 0 bridgehead atoms. The van der Waals surface area contributed by atoms with E-state index in [0.717, 1.165) is 23.3 Å². The first-order valence-electron chi connectivity index (χ1n) is 14.3. The number of carbonyl (C=O) groups is 2. The molecule has 11 heteroatoms. The summed E-state index contributed by atoms with van der Waals surface area (Å²) in [6, 6.07) is 19.4. The molecule has 230 valence electrons. The Morgan fingerprint density at radius 3 is 2.45 bits per heavy atom. The molecule has 44 heavy (non-hydrogen) atoms. The smallest absolute Gasteiger partial charge is 0.325 e. The number of aliphatic imine (C=N–C) groups is 2. The SMILES string of the molecule is C=C(N=C(OC)C(CC)=NCC(=O)O)c1nnc(C(=O)N2CCC(OC)C2)cc1Cc1ccc(OCc2ccccc2)cc1. The molecular weight excluding hydrogens is 562 g/mol. The van der Waals surface area contributed by atoms with Crippen molar-refractivity contribution in [3.05, 3.63) is 95.3 Å². The van der Waals surface area contributed by atoms with E-state index >= 15 is 0 Å². The van der Waals surface area contributed by atoms with Crippen LogP contribution < -0.4 is 4.74 Å². The summed E-state index contributed by atoms with van der Waals surface area (Å²) in [5, 5.41) is 17.7. The van der Waals surface area contributed by atoms with E-state index in [9.17, 15) is 9.59 Å².